The molecule has 0 fully saturated rings. The molecule has 2 rings (SSSR count). The van der Waals surface area contributed by atoms with Crippen molar-refractivity contribution in [2.45, 2.75) is 25.5 Å². The molecule has 0 atom stereocenters. The maximum Gasteiger partial charge on any atom is 0.138 e. The summed E-state index contributed by atoms with van der Waals surface area (Å²) in [6.45, 7) is 4.39. The zero-order valence-corrected chi connectivity index (χ0v) is 11.0. The van der Waals surface area contributed by atoms with E-state index < -0.39 is 0 Å². The SMILES string of the molecule is CC(C)c1ccc(-c2ccnc(CS)n2)cc1. The van der Waals surface area contributed by atoms with Crippen molar-refractivity contribution in [3.63, 3.8) is 0 Å². The number of nitrogens with zero attached hydrogens (tertiary/aromatic N) is 2. The standard InChI is InChI=1S/C14H16N2S/c1-10(2)11-3-5-12(6-4-11)13-7-8-15-14(9-17)16-13/h3-8,10,17H,9H2,1-2H3. The lowest BCUT2D eigenvalue weighted by Crippen LogP contribution is -1.93. The second-order valence-corrected chi connectivity index (χ2v) is 4.61. The molecule has 88 valence electrons. The lowest BCUT2D eigenvalue weighted by molar-refractivity contribution is 0.867. The summed E-state index contributed by atoms with van der Waals surface area (Å²) in [5.41, 5.74) is 3.43. The van der Waals surface area contributed by atoms with Crippen molar-refractivity contribution < 1.29 is 0 Å². The Hall–Kier alpha value is -1.35. The number of hydrogen-bond acceptors (Lipinski definition) is 3. The molecular formula is C14H16N2S. The third-order valence-electron chi connectivity index (χ3n) is 2.72. The lowest BCUT2D eigenvalue weighted by atomic mass is 10.0. The highest BCUT2D eigenvalue weighted by atomic mass is 32.1. The fourth-order valence-corrected chi connectivity index (χ4v) is 1.83. The fourth-order valence-electron chi connectivity index (χ4n) is 1.67. The topological polar surface area (TPSA) is 25.8 Å². The Labute approximate surface area is 108 Å². The lowest BCUT2D eigenvalue weighted by Gasteiger charge is -2.07. The molecule has 0 saturated heterocycles. The van der Waals surface area contributed by atoms with Crippen molar-refractivity contribution in [1.82, 2.24) is 9.97 Å². The molecule has 1 aromatic carbocycles. The molecule has 0 unspecified atom stereocenters. The third kappa shape index (κ3) is 2.86. The van der Waals surface area contributed by atoms with E-state index in [1.807, 2.05) is 6.07 Å². The van der Waals surface area contributed by atoms with Crippen LogP contribution in [0, 0.1) is 0 Å². The van der Waals surface area contributed by atoms with Gasteiger partial charge in [-0.2, -0.15) is 12.6 Å². The van der Waals surface area contributed by atoms with Crippen LogP contribution in [-0.4, -0.2) is 9.97 Å². The van der Waals surface area contributed by atoms with Gasteiger partial charge in [0.05, 0.1) is 11.4 Å². The molecule has 0 radical (unpaired) electrons. The van der Waals surface area contributed by atoms with Gasteiger partial charge in [0.25, 0.3) is 0 Å². The van der Waals surface area contributed by atoms with Crippen molar-refractivity contribution >= 4 is 12.6 Å². The first kappa shape index (κ1) is 12.1. The summed E-state index contributed by atoms with van der Waals surface area (Å²) in [6.07, 6.45) is 1.78. The zero-order valence-electron chi connectivity index (χ0n) is 10.1. The second-order valence-electron chi connectivity index (χ2n) is 4.29. The van der Waals surface area contributed by atoms with Crippen LogP contribution < -0.4 is 0 Å². The molecule has 2 nitrogen and oxygen atoms in total. The van der Waals surface area contributed by atoms with E-state index in [2.05, 4.69) is 60.7 Å². The van der Waals surface area contributed by atoms with Gasteiger partial charge in [-0.1, -0.05) is 38.1 Å². The van der Waals surface area contributed by atoms with Gasteiger partial charge >= 0.3 is 0 Å². The van der Waals surface area contributed by atoms with E-state index in [1.54, 1.807) is 6.20 Å². The quantitative estimate of drug-likeness (QED) is 0.833. The molecule has 2 aromatic rings. The van der Waals surface area contributed by atoms with Gasteiger partial charge in [-0.15, -0.1) is 0 Å². The monoisotopic (exact) mass is 244 g/mol. The summed E-state index contributed by atoms with van der Waals surface area (Å²) in [4.78, 5) is 8.59. The average molecular weight is 244 g/mol. The van der Waals surface area contributed by atoms with Crippen LogP contribution >= 0.6 is 12.6 Å². The van der Waals surface area contributed by atoms with E-state index in [9.17, 15) is 0 Å². The first-order valence-electron chi connectivity index (χ1n) is 5.74. The van der Waals surface area contributed by atoms with Crippen molar-refractivity contribution in [2.24, 2.45) is 0 Å². The smallest absolute Gasteiger partial charge is 0.138 e. The number of benzene rings is 1. The van der Waals surface area contributed by atoms with Gasteiger partial charge < -0.3 is 0 Å². The van der Waals surface area contributed by atoms with Gasteiger partial charge in [0, 0.05) is 11.8 Å². The Morgan fingerprint density at radius 1 is 1.12 bits per heavy atom. The van der Waals surface area contributed by atoms with Crippen LogP contribution in [0.5, 0.6) is 0 Å². The normalized spacial score (nSPS) is 10.8. The van der Waals surface area contributed by atoms with E-state index >= 15 is 0 Å². The predicted molar refractivity (Wildman–Crippen MR) is 74.2 cm³/mol. The van der Waals surface area contributed by atoms with Gasteiger partial charge in [0.15, 0.2) is 0 Å². The first-order valence-corrected chi connectivity index (χ1v) is 6.37. The minimum absolute atomic E-state index is 0.558. The van der Waals surface area contributed by atoms with E-state index in [1.165, 1.54) is 5.56 Å². The van der Waals surface area contributed by atoms with Crippen LogP contribution in [0.2, 0.25) is 0 Å². The van der Waals surface area contributed by atoms with Gasteiger partial charge in [-0.25, -0.2) is 9.97 Å². The molecule has 1 aromatic heterocycles. The van der Waals surface area contributed by atoms with Crippen LogP contribution in [0.25, 0.3) is 11.3 Å². The van der Waals surface area contributed by atoms with Gasteiger partial charge in [0.1, 0.15) is 5.82 Å². The molecule has 0 saturated carbocycles. The van der Waals surface area contributed by atoms with E-state index in [4.69, 9.17) is 0 Å². The molecule has 0 N–H and O–H groups in total. The molecule has 0 aliphatic heterocycles. The Balaban J connectivity index is 2.32. The van der Waals surface area contributed by atoms with Gasteiger partial charge in [0.2, 0.25) is 0 Å². The van der Waals surface area contributed by atoms with Crippen LogP contribution in [0.4, 0.5) is 0 Å². The highest BCUT2D eigenvalue weighted by molar-refractivity contribution is 7.79. The molecule has 0 bridgehead atoms. The summed E-state index contributed by atoms with van der Waals surface area (Å²) in [5, 5.41) is 0. The molecule has 1 heterocycles. The summed E-state index contributed by atoms with van der Waals surface area (Å²) in [7, 11) is 0. The van der Waals surface area contributed by atoms with Gasteiger partial charge in [-0.05, 0) is 17.5 Å². The van der Waals surface area contributed by atoms with E-state index in [-0.39, 0.29) is 0 Å². The minimum atomic E-state index is 0.558. The van der Waals surface area contributed by atoms with Crippen LogP contribution in [0.1, 0.15) is 31.2 Å². The molecule has 0 amide bonds. The average Bonchev–Trinajstić information content (AvgIpc) is 2.39. The van der Waals surface area contributed by atoms with Crippen molar-refractivity contribution in [3.8, 4) is 11.3 Å². The van der Waals surface area contributed by atoms with E-state index in [0.717, 1.165) is 17.1 Å². The maximum atomic E-state index is 4.45. The number of hydrogen-bond donors (Lipinski definition) is 1. The third-order valence-corrected chi connectivity index (χ3v) is 3.00. The minimum Gasteiger partial charge on any atom is -0.240 e. The molecule has 0 aliphatic carbocycles. The molecule has 0 aliphatic rings. The van der Waals surface area contributed by atoms with Crippen molar-refractivity contribution in [3.05, 3.63) is 47.9 Å². The number of aromatic nitrogens is 2. The van der Waals surface area contributed by atoms with Crippen LogP contribution in [-0.2, 0) is 5.75 Å². The number of rotatable bonds is 3. The largest absolute Gasteiger partial charge is 0.240 e. The Kier molecular flexibility index (Phi) is 3.79. The second kappa shape index (κ2) is 5.32. The highest BCUT2D eigenvalue weighted by Crippen LogP contribution is 2.21. The van der Waals surface area contributed by atoms with Crippen molar-refractivity contribution in [1.29, 1.82) is 0 Å². The fraction of sp³-hybridized carbons (Fsp3) is 0.286. The predicted octanol–water partition coefficient (Wildman–Crippen LogP) is 3.70. The maximum absolute atomic E-state index is 4.45. The summed E-state index contributed by atoms with van der Waals surface area (Å²) in [5.74, 6) is 1.89. The zero-order chi connectivity index (χ0) is 12.3. The summed E-state index contributed by atoms with van der Waals surface area (Å²) < 4.78 is 0. The molecular weight excluding hydrogens is 228 g/mol. The molecule has 3 heteroatoms. The molecule has 17 heavy (non-hydrogen) atoms. The number of thiol groups is 1. The summed E-state index contributed by atoms with van der Waals surface area (Å²) >= 11 is 4.19. The Bertz CT molecular complexity index is 492. The van der Waals surface area contributed by atoms with Gasteiger partial charge in [-0.3, -0.25) is 0 Å². The highest BCUT2D eigenvalue weighted by Gasteiger charge is 2.03. The first-order chi connectivity index (χ1) is 8.20. The van der Waals surface area contributed by atoms with Crippen molar-refractivity contribution in [2.75, 3.05) is 0 Å². The summed E-state index contributed by atoms with van der Waals surface area (Å²) in [6, 6.07) is 10.5. The van der Waals surface area contributed by atoms with E-state index in [0.29, 0.717) is 11.7 Å². The van der Waals surface area contributed by atoms with Crippen LogP contribution in [0.3, 0.4) is 0 Å². The Morgan fingerprint density at radius 2 is 1.82 bits per heavy atom. The van der Waals surface area contributed by atoms with Crippen LogP contribution in [0.15, 0.2) is 36.5 Å². The Morgan fingerprint density at radius 3 is 2.41 bits per heavy atom. The molecule has 0 spiro atoms.